The van der Waals surface area contributed by atoms with E-state index in [2.05, 4.69) is 69.3 Å². The molecular weight excluding hydrogens is 538 g/mol. The summed E-state index contributed by atoms with van der Waals surface area (Å²) in [4.78, 5) is 11.7. The molecule has 0 spiro atoms. The summed E-state index contributed by atoms with van der Waals surface area (Å²) in [6.45, 7) is 9.14. The Morgan fingerprint density at radius 2 is 1.73 bits per heavy atom. The molecule has 0 radical (unpaired) electrons. The summed E-state index contributed by atoms with van der Waals surface area (Å²) in [6.07, 6.45) is 1.71. The zero-order chi connectivity index (χ0) is 29.1. The van der Waals surface area contributed by atoms with Gasteiger partial charge in [0.25, 0.3) is 0 Å². The molecular formula is C30H39N7O3S. The van der Waals surface area contributed by atoms with Crippen LogP contribution < -0.4 is 15.8 Å². The Bertz CT molecular complexity index is 1620. The molecule has 0 saturated carbocycles. The van der Waals surface area contributed by atoms with Gasteiger partial charge in [0.15, 0.2) is 0 Å². The fourth-order valence-electron chi connectivity index (χ4n) is 5.44. The van der Waals surface area contributed by atoms with Crippen molar-refractivity contribution < 1.29 is 13.5 Å². The van der Waals surface area contributed by atoms with Gasteiger partial charge >= 0.3 is 0 Å². The molecule has 1 aliphatic rings. The second-order valence-electron chi connectivity index (χ2n) is 11.1. The van der Waals surface area contributed by atoms with E-state index in [-0.39, 0.29) is 17.5 Å². The van der Waals surface area contributed by atoms with Crippen molar-refractivity contribution in [3.8, 4) is 5.75 Å². The molecule has 5 N–H and O–H groups in total. The van der Waals surface area contributed by atoms with Crippen LogP contribution >= 0.6 is 0 Å². The van der Waals surface area contributed by atoms with Crippen LogP contribution in [0.3, 0.4) is 0 Å². The predicted molar refractivity (Wildman–Crippen MR) is 164 cm³/mol. The highest BCUT2D eigenvalue weighted by Gasteiger charge is 2.23. The van der Waals surface area contributed by atoms with Crippen molar-refractivity contribution >= 4 is 32.7 Å². The molecule has 1 saturated heterocycles. The summed E-state index contributed by atoms with van der Waals surface area (Å²) in [5, 5.41) is 22.9. The van der Waals surface area contributed by atoms with Gasteiger partial charge in [0.2, 0.25) is 16.0 Å². The van der Waals surface area contributed by atoms with E-state index < -0.39 is 10.0 Å². The molecule has 0 amide bonds. The number of anilines is 2. The zero-order valence-electron chi connectivity index (χ0n) is 23.9. The Balaban J connectivity index is 1.38. The van der Waals surface area contributed by atoms with Gasteiger partial charge in [0.1, 0.15) is 11.4 Å². The van der Waals surface area contributed by atoms with Crippen molar-refractivity contribution in [2.75, 3.05) is 36.0 Å². The van der Waals surface area contributed by atoms with Crippen molar-refractivity contribution in [1.29, 1.82) is 0 Å². The average molecular weight is 578 g/mol. The first-order valence-corrected chi connectivity index (χ1v) is 15.7. The Kier molecular flexibility index (Phi) is 8.48. The quantitative estimate of drug-likeness (QED) is 0.223. The molecule has 0 aliphatic carbocycles. The van der Waals surface area contributed by atoms with Gasteiger partial charge in [-0.3, -0.25) is 4.98 Å². The first-order valence-electron chi connectivity index (χ1n) is 14.0. The van der Waals surface area contributed by atoms with Crippen molar-refractivity contribution in [3.63, 3.8) is 0 Å². The number of benzene rings is 2. The van der Waals surface area contributed by atoms with Crippen LogP contribution in [0.5, 0.6) is 5.75 Å². The normalized spacial score (nSPS) is 14.9. The van der Waals surface area contributed by atoms with Gasteiger partial charge in [-0.15, -0.1) is 0 Å². The standard InChI is InChI=1S/C30H39N7O3S/c1-20-14-21(2)16-25(15-20)32-18-23-5-6-26-28(17-23)37(19-27-29(38)7-4-22(3)33-27)30(35-26)34-24-8-10-36(11-9-24)12-13-41(31,39)40/h4-7,14-17,24,32,38H,8-13,18-19H2,1-3H3,(H,34,35)(H2,31,39,40). The third-order valence-corrected chi connectivity index (χ3v) is 8.29. The molecule has 0 atom stereocenters. The minimum Gasteiger partial charge on any atom is -0.506 e. The zero-order valence-corrected chi connectivity index (χ0v) is 24.7. The lowest BCUT2D eigenvalue weighted by Gasteiger charge is -2.32. The molecule has 3 heterocycles. The van der Waals surface area contributed by atoms with Crippen molar-refractivity contribution in [3.05, 3.63) is 76.6 Å². The van der Waals surface area contributed by atoms with Crippen LogP contribution in [0, 0.1) is 20.8 Å². The van der Waals surface area contributed by atoms with E-state index in [0.29, 0.717) is 25.3 Å². The van der Waals surface area contributed by atoms with Crippen LogP contribution in [0.1, 0.15) is 40.9 Å². The number of imidazole rings is 1. The molecule has 2 aromatic carbocycles. The molecule has 218 valence electrons. The van der Waals surface area contributed by atoms with Crippen LogP contribution in [0.4, 0.5) is 11.6 Å². The SMILES string of the molecule is Cc1cc(C)cc(NCc2ccc3nc(NC4CCN(CCS(N)(=O)=O)CC4)n(Cc4nc(C)ccc4O)c3c2)c1. The van der Waals surface area contributed by atoms with Gasteiger partial charge in [-0.1, -0.05) is 12.1 Å². The number of likely N-dealkylation sites (tertiary alicyclic amines) is 1. The number of pyridine rings is 1. The summed E-state index contributed by atoms with van der Waals surface area (Å²) >= 11 is 0. The van der Waals surface area contributed by atoms with E-state index in [1.165, 1.54) is 11.1 Å². The smallest absolute Gasteiger partial charge is 0.210 e. The number of aryl methyl sites for hydroxylation is 3. The maximum atomic E-state index is 11.4. The fraction of sp³-hybridized carbons (Fsp3) is 0.400. The molecule has 4 aromatic rings. The number of fused-ring (bicyclic) bond motifs is 1. The Hall–Kier alpha value is -3.67. The first kappa shape index (κ1) is 28.8. The minimum absolute atomic E-state index is 0.0332. The van der Waals surface area contributed by atoms with E-state index in [4.69, 9.17) is 10.1 Å². The van der Waals surface area contributed by atoms with Gasteiger partial charge in [-0.05, 0) is 86.7 Å². The second-order valence-corrected chi connectivity index (χ2v) is 12.9. The third kappa shape index (κ3) is 7.55. The van der Waals surface area contributed by atoms with Crippen LogP contribution in [-0.2, 0) is 23.1 Å². The fourth-order valence-corrected chi connectivity index (χ4v) is 5.95. The van der Waals surface area contributed by atoms with Crippen LogP contribution in [0.15, 0.2) is 48.5 Å². The van der Waals surface area contributed by atoms with Crippen LogP contribution in [0.2, 0.25) is 0 Å². The van der Waals surface area contributed by atoms with Crippen molar-refractivity contribution in [1.82, 2.24) is 19.4 Å². The molecule has 1 fully saturated rings. The highest BCUT2D eigenvalue weighted by molar-refractivity contribution is 7.89. The van der Waals surface area contributed by atoms with Crippen LogP contribution in [0.25, 0.3) is 11.0 Å². The lowest BCUT2D eigenvalue weighted by Crippen LogP contribution is -2.42. The molecule has 1 aliphatic heterocycles. The Labute approximate surface area is 241 Å². The van der Waals surface area contributed by atoms with E-state index in [0.717, 1.165) is 59.9 Å². The number of sulfonamides is 1. The summed E-state index contributed by atoms with van der Waals surface area (Å²) in [7, 11) is -3.47. The maximum Gasteiger partial charge on any atom is 0.210 e. The number of aromatic hydroxyl groups is 1. The topological polar surface area (TPSA) is 138 Å². The van der Waals surface area contributed by atoms with Gasteiger partial charge in [0.05, 0.1) is 23.3 Å². The lowest BCUT2D eigenvalue weighted by molar-refractivity contribution is 0.230. The number of nitrogens with one attached hydrogen (secondary N) is 2. The van der Waals surface area contributed by atoms with Gasteiger partial charge in [-0.25, -0.2) is 18.5 Å². The second kappa shape index (κ2) is 12.1. The van der Waals surface area contributed by atoms with Gasteiger partial charge in [0, 0.05) is 43.6 Å². The van der Waals surface area contributed by atoms with Gasteiger partial charge < -0.3 is 25.2 Å². The number of nitrogens with zero attached hydrogens (tertiary/aromatic N) is 4. The molecule has 41 heavy (non-hydrogen) atoms. The summed E-state index contributed by atoms with van der Waals surface area (Å²) < 4.78 is 24.8. The van der Waals surface area contributed by atoms with Crippen molar-refractivity contribution in [2.24, 2.45) is 5.14 Å². The van der Waals surface area contributed by atoms with Crippen molar-refractivity contribution in [2.45, 2.75) is 52.7 Å². The molecule has 10 nitrogen and oxygen atoms in total. The molecule has 11 heteroatoms. The number of primary sulfonamides is 1. The van der Waals surface area contributed by atoms with E-state index in [9.17, 15) is 13.5 Å². The number of rotatable bonds is 10. The monoisotopic (exact) mass is 577 g/mol. The van der Waals surface area contributed by atoms with E-state index in [1.54, 1.807) is 12.1 Å². The predicted octanol–water partition coefficient (Wildman–Crippen LogP) is 3.89. The van der Waals surface area contributed by atoms with Gasteiger partial charge in [-0.2, -0.15) is 0 Å². The summed E-state index contributed by atoms with van der Waals surface area (Å²) in [5.74, 6) is 0.846. The number of nitrogens with two attached hydrogens (primary N) is 1. The number of hydrogen-bond acceptors (Lipinski definition) is 8. The number of piperidine rings is 1. The van der Waals surface area contributed by atoms with Crippen LogP contribution in [-0.4, -0.2) is 64.4 Å². The highest BCUT2D eigenvalue weighted by atomic mass is 32.2. The molecule has 0 unspecified atom stereocenters. The van der Waals surface area contributed by atoms with E-state index >= 15 is 0 Å². The largest absolute Gasteiger partial charge is 0.506 e. The highest BCUT2D eigenvalue weighted by Crippen LogP contribution is 2.27. The minimum atomic E-state index is -3.47. The summed E-state index contributed by atoms with van der Waals surface area (Å²) in [5.41, 5.74) is 7.89. The Morgan fingerprint density at radius 3 is 2.44 bits per heavy atom. The Morgan fingerprint density at radius 1 is 1.00 bits per heavy atom. The number of hydrogen-bond donors (Lipinski definition) is 4. The molecule has 2 aromatic heterocycles. The van der Waals surface area contributed by atoms with E-state index in [1.807, 2.05) is 13.0 Å². The number of aromatic nitrogens is 3. The molecule has 0 bridgehead atoms. The maximum absolute atomic E-state index is 11.4. The first-order chi connectivity index (χ1) is 19.5. The molecule has 5 rings (SSSR count). The average Bonchev–Trinajstić information content (AvgIpc) is 3.24. The lowest BCUT2D eigenvalue weighted by atomic mass is 10.1. The summed E-state index contributed by atoms with van der Waals surface area (Å²) in [6, 6.07) is 16.4. The third-order valence-electron chi connectivity index (χ3n) is 7.54.